The zero-order valence-corrected chi connectivity index (χ0v) is 12.4. The summed E-state index contributed by atoms with van der Waals surface area (Å²) in [6.45, 7) is 11.3. The number of ether oxygens (including phenoxy) is 1. The molecule has 1 aromatic rings. The van der Waals surface area contributed by atoms with Crippen LogP contribution in [-0.4, -0.2) is 18.6 Å². The van der Waals surface area contributed by atoms with Gasteiger partial charge in [0, 0.05) is 23.9 Å². The van der Waals surface area contributed by atoms with Crippen LogP contribution in [0.25, 0.3) is 0 Å². The quantitative estimate of drug-likeness (QED) is 0.794. The largest absolute Gasteiger partial charge is 0.378 e. The van der Waals surface area contributed by atoms with Crippen molar-refractivity contribution in [3.8, 4) is 0 Å². The first-order valence-corrected chi connectivity index (χ1v) is 6.99. The second kappa shape index (κ2) is 6.47. The van der Waals surface area contributed by atoms with Crippen molar-refractivity contribution in [1.82, 2.24) is 10.3 Å². The molecule has 0 unspecified atom stereocenters. The number of rotatable bonds is 6. The molecule has 0 aliphatic carbocycles. The summed E-state index contributed by atoms with van der Waals surface area (Å²) in [4.78, 5) is 6.01. The molecule has 1 N–H and O–H groups in total. The number of nitrogens with zero attached hydrogens (tertiary/aromatic N) is 1. The summed E-state index contributed by atoms with van der Waals surface area (Å²) < 4.78 is 5.22. The molecule has 0 bridgehead atoms. The molecule has 0 saturated carbocycles. The lowest BCUT2D eigenvalue weighted by molar-refractivity contribution is 0.181. The van der Waals surface area contributed by atoms with Crippen LogP contribution >= 0.6 is 11.3 Å². The Kier molecular flexibility index (Phi) is 5.56. The molecule has 0 aromatic carbocycles. The average molecular weight is 256 g/mol. The molecule has 0 fully saturated rings. The van der Waals surface area contributed by atoms with Gasteiger partial charge in [0.15, 0.2) is 0 Å². The van der Waals surface area contributed by atoms with Gasteiger partial charge in [-0.05, 0) is 13.0 Å². The van der Waals surface area contributed by atoms with Gasteiger partial charge in [-0.3, -0.25) is 0 Å². The standard InChI is InChI=1S/C13H24N2OS/c1-6-7-14-8-11-10(9-16-5)15-12(17-11)13(2,3)4/h14H,6-9H2,1-5H3. The second-order valence-corrected chi connectivity index (χ2v) is 6.33. The van der Waals surface area contributed by atoms with Gasteiger partial charge in [0.2, 0.25) is 0 Å². The highest BCUT2D eigenvalue weighted by atomic mass is 32.1. The van der Waals surface area contributed by atoms with Gasteiger partial charge in [0.05, 0.1) is 17.3 Å². The molecular weight excluding hydrogens is 232 g/mol. The molecule has 1 aromatic heterocycles. The lowest BCUT2D eigenvalue weighted by Gasteiger charge is -2.13. The van der Waals surface area contributed by atoms with Crippen LogP contribution in [0.2, 0.25) is 0 Å². The minimum Gasteiger partial charge on any atom is -0.378 e. The second-order valence-electron chi connectivity index (χ2n) is 5.25. The molecule has 17 heavy (non-hydrogen) atoms. The Balaban J connectivity index is 2.81. The number of aromatic nitrogens is 1. The van der Waals surface area contributed by atoms with Crippen LogP contribution in [0.1, 0.15) is 49.7 Å². The Morgan fingerprint density at radius 1 is 1.35 bits per heavy atom. The lowest BCUT2D eigenvalue weighted by atomic mass is 9.98. The van der Waals surface area contributed by atoms with Gasteiger partial charge in [0.1, 0.15) is 0 Å². The SMILES string of the molecule is CCCNCc1sc(C(C)(C)C)nc1COC. The predicted octanol–water partition coefficient (Wildman–Crippen LogP) is 3.09. The maximum atomic E-state index is 5.22. The number of hydrogen-bond donors (Lipinski definition) is 1. The third-order valence-corrected chi connectivity index (χ3v) is 3.94. The van der Waals surface area contributed by atoms with Gasteiger partial charge in [-0.1, -0.05) is 27.7 Å². The first-order chi connectivity index (χ1) is 7.99. The van der Waals surface area contributed by atoms with Gasteiger partial charge < -0.3 is 10.1 Å². The summed E-state index contributed by atoms with van der Waals surface area (Å²) in [7, 11) is 1.72. The molecule has 0 atom stereocenters. The highest BCUT2D eigenvalue weighted by molar-refractivity contribution is 7.11. The van der Waals surface area contributed by atoms with E-state index < -0.39 is 0 Å². The molecule has 0 aliphatic rings. The Bertz CT molecular complexity index is 342. The monoisotopic (exact) mass is 256 g/mol. The molecule has 0 radical (unpaired) electrons. The van der Waals surface area contributed by atoms with E-state index in [1.807, 2.05) is 0 Å². The average Bonchev–Trinajstić information content (AvgIpc) is 2.62. The van der Waals surface area contributed by atoms with Gasteiger partial charge in [-0.15, -0.1) is 11.3 Å². The highest BCUT2D eigenvalue weighted by Crippen LogP contribution is 2.29. The third-order valence-electron chi connectivity index (χ3n) is 2.41. The fraction of sp³-hybridized carbons (Fsp3) is 0.769. The number of hydrogen-bond acceptors (Lipinski definition) is 4. The van der Waals surface area contributed by atoms with Crippen molar-refractivity contribution in [2.24, 2.45) is 0 Å². The van der Waals surface area contributed by atoms with Crippen LogP contribution in [0, 0.1) is 0 Å². The van der Waals surface area contributed by atoms with Crippen molar-refractivity contribution in [2.75, 3.05) is 13.7 Å². The van der Waals surface area contributed by atoms with E-state index in [2.05, 4.69) is 33.0 Å². The summed E-state index contributed by atoms with van der Waals surface area (Å²) in [6.07, 6.45) is 1.16. The minimum absolute atomic E-state index is 0.121. The van der Waals surface area contributed by atoms with Crippen molar-refractivity contribution in [2.45, 2.75) is 52.7 Å². The molecule has 1 heterocycles. The summed E-state index contributed by atoms with van der Waals surface area (Å²) in [5.41, 5.74) is 1.21. The smallest absolute Gasteiger partial charge is 0.0986 e. The molecule has 0 aliphatic heterocycles. The van der Waals surface area contributed by atoms with Crippen LogP contribution in [0.4, 0.5) is 0 Å². The van der Waals surface area contributed by atoms with E-state index in [4.69, 9.17) is 9.72 Å². The normalized spacial score (nSPS) is 12.1. The Hall–Kier alpha value is -0.450. The number of thiazole rings is 1. The predicted molar refractivity (Wildman–Crippen MR) is 73.5 cm³/mol. The molecule has 0 spiro atoms. The first kappa shape index (κ1) is 14.6. The van der Waals surface area contributed by atoms with Gasteiger partial charge in [0.25, 0.3) is 0 Å². The first-order valence-electron chi connectivity index (χ1n) is 6.17. The van der Waals surface area contributed by atoms with Crippen molar-refractivity contribution in [3.63, 3.8) is 0 Å². The molecule has 98 valence electrons. The Morgan fingerprint density at radius 2 is 2.06 bits per heavy atom. The third kappa shape index (κ3) is 4.37. The molecule has 0 saturated heterocycles. The van der Waals surface area contributed by atoms with Gasteiger partial charge in [-0.2, -0.15) is 0 Å². The maximum Gasteiger partial charge on any atom is 0.0986 e. The molecule has 3 nitrogen and oxygen atoms in total. The fourth-order valence-electron chi connectivity index (χ4n) is 1.47. The molecule has 1 rings (SSSR count). The van der Waals surface area contributed by atoms with E-state index in [0.29, 0.717) is 6.61 Å². The molecule has 0 amide bonds. The van der Waals surface area contributed by atoms with Crippen molar-refractivity contribution >= 4 is 11.3 Å². The zero-order chi connectivity index (χ0) is 12.9. The summed E-state index contributed by atoms with van der Waals surface area (Å²) in [6, 6.07) is 0. The van der Waals surface area contributed by atoms with Crippen molar-refractivity contribution in [3.05, 3.63) is 15.6 Å². The maximum absolute atomic E-state index is 5.22. The van der Waals surface area contributed by atoms with Crippen LogP contribution in [0.3, 0.4) is 0 Å². The summed E-state index contributed by atoms with van der Waals surface area (Å²) in [5, 5.41) is 4.62. The Morgan fingerprint density at radius 3 is 2.59 bits per heavy atom. The number of nitrogens with one attached hydrogen (secondary N) is 1. The van der Waals surface area contributed by atoms with Crippen molar-refractivity contribution in [1.29, 1.82) is 0 Å². The zero-order valence-electron chi connectivity index (χ0n) is 11.6. The van der Waals surface area contributed by atoms with Crippen LogP contribution < -0.4 is 5.32 Å². The number of methoxy groups -OCH3 is 1. The summed E-state index contributed by atoms with van der Waals surface area (Å²) >= 11 is 1.80. The minimum atomic E-state index is 0.121. The highest BCUT2D eigenvalue weighted by Gasteiger charge is 2.21. The van der Waals surface area contributed by atoms with Gasteiger partial charge in [-0.25, -0.2) is 4.98 Å². The summed E-state index contributed by atoms with van der Waals surface area (Å²) in [5.74, 6) is 0. The van der Waals surface area contributed by atoms with Gasteiger partial charge >= 0.3 is 0 Å². The van der Waals surface area contributed by atoms with E-state index in [9.17, 15) is 0 Å². The van der Waals surface area contributed by atoms with Crippen molar-refractivity contribution < 1.29 is 4.74 Å². The molecular formula is C13H24N2OS. The van der Waals surface area contributed by atoms with E-state index in [1.54, 1.807) is 18.4 Å². The van der Waals surface area contributed by atoms with Crippen LogP contribution in [0.5, 0.6) is 0 Å². The van der Waals surface area contributed by atoms with Crippen LogP contribution in [0.15, 0.2) is 0 Å². The van der Waals surface area contributed by atoms with E-state index in [-0.39, 0.29) is 5.41 Å². The fourth-order valence-corrected chi connectivity index (χ4v) is 2.56. The Labute approximate surface area is 109 Å². The molecule has 4 heteroatoms. The van der Waals surface area contributed by atoms with E-state index in [0.717, 1.165) is 25.2 Å². The van der Waals surface area contributed by atoms with E-state index in [1.165, 1.54) is 9.88 Å². The van der Waals surface area contributed by atoms with Crippen LogP contribution in [-0.2, 0) is 23.3 Å². The van der Waals surface area contributed by atoms with E-state index >= 15 is 0 Å². The topological polar surface area (TPSA) is 34.2 Å². The lowest BCUT2D eigenvalue weighted by Crippen LogP contribution is -2.14.